The van der Waals surface area contributed by atoms with Gasteiger partial charge in [0.1, 0.15) is 0 Å². The minimum atomic E-state index is 0.535. The predicted molar refractivity (Wildman–Crippen MR) is 89.0 cm³/mol. The molecule has 0 amide bonds. The summed E-state index contributed by atoms with van der Waals surface area (Å²) in [6.07, 6.45) is 8.21. The van der Waals surface area contributed by atoms with Crippen LogP contribution in [0.3, 0.4) is 0 Å². The molecule has 3 aromatic rings. The molecule has 0 aromatic carbocycles. The molecular weight excluding hydrogens is 288 g/mol. The molecule has 4 heterocycles. The molecule has 1 saturated heterocycles. The van der Waals surface area contributed by atoms with Crippen LogP contribution in [0.15, 0.2) is 30.7 Å². The average molecular weight is 310 g/mol. The number of piperidine rings is 1. The molecule has 0 spiro atoms. The third-order valence-corrected chi connectivity index (χ3v) is 4.77. The molecule has 23 heavy (non-hydrogen) atoms. The van der Waals surface area contributed by atoms with E-state index in [0.717, 1.165) is 38.1 Å². The summed E-state index contributed by atoms with van der Waals surface area (Å²) in [5, 5.41) is 10.2. The SMILES string of the molecule is Cn1cc(CN2CCC(c3nn(C)c4ncccc34)CC2)cn1. The first-order chi connectivity index (χ1) is 11.2. The van der Waals surface area contributed by atoms with Gasteiger partial charge in [-0.1, -0.05) is 0 Å². The molecule has 120 valence electrons. The van der Waals surface area contributed by atoms with Crippen molar-refractivity contribution in [3.8, 4) is 0 Å². The van der Waals surface area contributed by atoms with Crippen LogP contribution in [0.25, 0.3) is 11.0 Å². The first-order valence-electron chi connectivity index (χ1n) is 8.18. The van der Waals surface area contributed by atoms with Crippen molar-refractivity contribution in [3.05, 3.63) is 42.0 Å². The zero-order valence-corrected chi connectivity index (χ0v) is 13.7. The molecule has 0 radical (unpaired) electrons. The van der Waals surface area contributed by atoms with Crippen LogP contribution in [0, 0.1) is 0 Å². The van der Waals surface area contributed by atoms with Crippen molar-refractivity contribution in [1.82, 2.24) is 29.4 Å². The van der Waals surface area contributed by atoms with Crippen LogP contribution in [0.5, 0.6) is 0 Å². The van der Waals surface area contributed by atoms with Gasteiger partial charge < -0.3 is 0 Å². The zero-order chi connectivity index (χ0) is 15.8. The van der Waals surface area contributed by atoms with Gasteiger partial charge in [0.25, 0.3) is 0 Å². The summed E-state index contributed by atoms with van der Waals surface area (Å²) in [4.78, 5) is 6.96. The molecule has 1 aliphatic heterocycles. The lowest BCUT2D eigenvalue weighted by molar-refractivity contribution is 0.203. The lowest BCUT2D eigenvalue weighted by Crippen LogP contribution is -2.32. The van der Waals surface area contributed by atoms with Crippen LogP contribution in [0.2, 0.25) is 0 Å². The Morgan fingerprint density at radius 3 is 2.78 bits per heavy atom. The van der Waals surface area contributed by atoms with Crippen LogP contribution in [-0.4, -0.2) is 42.5 Å². The Bertz CT molecular complexity index is 809. The van der Waals surface area contributed by atoms with Crippen molar-refractivity contribution >= 4 is 11.0 Å². The number of aryl methyl sites for hydroxylation is 2. The Morgan fingerprint density at radius 2 is 2.04 bits per heavy atom. The number of pyridine rings is 1. The summed E-state index contributed by atoms with van der Waals surface area (Å²) in [7, 11) is 3.95. The molecule has 1 aliphatic rings. The number of fused-ring (bicyclic) bond motifs is 1. The smallest absolute Gasteiger partial charge is 0.157 e. The lowest BCUT2D eigenvalue weighted by Gasteiger charge is -2.31. The third kappa shape index (κ3) is 2.74. The number of hydrogen-bond acceptors (Lipinski definition) is 4. The van der Waals surface area contributed by atoms with Gasteiger partial charge >= 0.3 is 0 Å². The minimum absolute atomic E-state index is 0.535. The summed E-state index contributed by atoms with van der Waals surface area (Å²) in [5.74, 6) is 0.535. The van der Waals surface area contributed by atoms with E-state index >= 15 is 0 Å². The second-order valence-electron chi connectivity index (χ2n) is 6.46. The van der Waals surface area contributed by atoms with E-state index in [1.165, 1.54) is 16.6 Å². The van der Waals surface area contributed by atoms with Crippen molar-refractivity contribution in [2.45, 2.75) is 25.3 Å². The van der Waals surface area contributed by atoms with Crippen LogP contribution >= 0.6 is 0 Å². The van der Waals surface area contributed by atoms with Crippen molar-refractivity contribution < 1.29 is 0 Å². The monoisotopic (exact) mass is 310 g/mol. The maximum Gasteiger partial charge on any atom is 0.157 e. The molecule has 0 N–H and O–H groups in total. The van der Waals surface area contributed by atoms with E-state index in [9.17, 15) is 0 Å². The molecule has 6 heteroatoms. The molecule has 0 aliphatic carbocycles. The van der Waals surface area contributed by atoms with E-state index in [-0.39, 0.29) is 0 Å². The van der Waals surface area contributed by atoms with E-state index in [2.05, 4.69) is 27.2 Å². The molecule has 3 aromatic heterocycles. The van der Waals surface area contributed by atoms with Crippen molar-refractivity contribution in [1.29, 1.82) is 0 Å². The van der Waals surface area contributed by atoms with Gasteiger partial charge in [0, 0.05) is 49.9 Å². The Labute approximate surface area is 135 Å². The highest BCUT2D eigenvalue weighted by Crippen LogP contribution is 2.31. The number of rotatable bonds is 3. The first kappa shape index (κ1) is 14.4. The standard InChI is InChI=1S/C17H22N6/c1-21-11-13(10-19-21)12-23-8-5-14(6-9-23)16-15-4-3-7-18-17(15)22(2)20-16/h3-4,7,10-11,14H,5-6,8-9,12H2,1-2H3. The van der Waals surface area contributed by atoms with E-state index in [1.54, 1.807) is 0 Å². The number of likely N-dealkylation sites (tertiary alicyclic amines) is 1. The maximum absolute atomic E-state index is 4.75. The fourth-order valence-corrected chi connectivity index (χ4v) is 3.60. The second kappa shape index (κ2) is 5.77. The zero-order valence-electron chi connectivity index (χ0n) is 13.7. The van der Waals surface area contributed by atoms with Gasteiger partial charge in [-0.15, -0.1) is 0 Å². The molecule has 6 nitrogen and oxygen atoms in total. The van der Waals surface area contributed by atoms with Gasteiger partial charge in [-0.25, -0.2) is 4.98 Å². The number of nitrogens with zero attached hydrogens (tertiary/aromatic N) is 6. The average Bonchev–Trinajstić information content (AvgIpc) is 3.12. The molecule has 0 saturated carbocycles. The Morgan fingerprint density at radius 1 is 1.22 bits per heavy atom. The molecular formula is C17H22N6. The quantitative estimate of drug-likeness (QED) is 0.743. The highest BCUT2D eigenvalue weighted by Gasteiger charge is 2.25. The van der Waals surface area contributed by atoms with Gasteiger partial charge in [-0.05, 0) is 38.1 Å². The Hall–Kier alpha value is -2.21. The van der Waals surface area contributed by atoms with E-state index in [1.807, 2.05) is 41.9 Å². The van der Waals surface area contributed by atoms with E-state index < -0.39 is 0 Å². The topological polar surface area (TPSA) is 51.8 Å². The van der Waals surface area contributed by atoms with Crippen molar-refractivity contribution in [2.24, 2.45) is 14.1 Å². The van der Waals surface area contributed by atoms with Gasteiger partial charge in [0.05, 0.1) is 11.9 Å². The van der Waals surface area contributed by atoms with Crippen LogP contribution < -0.4 is 0 Å². The largest absolute Gasteiger partial charge is 0.299 e. The lowest BCUT2D eigenvalue weighted by atomic mass is 9.92. The summed E-state index contributed by atoms with van der Waals surface area (Å²) < 4.78 is 3.78. The van der Waals surface area contributed by atoms with E-state index in [0.29, 0.717) is 5.92 Å². The van der Waals surface area contributed by atoms with E-state index in [4.69, 9.17) is 5.10 Å². The number of aromatic nitrogens is 5. The molecule has 1 fully saturated rings. The highest BCUT2D eigenvalue weighted by atomic mass is 15.3. The summed E-state index contributed by atoms with van der Waals surface area (Å²) in [6.45, 7) is 3.21. The van der Waals surface area contributed by atoms with Crippen molar-refractivity contribution in [3.63, 3.8) is 0 Å². The first-order valence-corrected chi connectivity index (χ1v) is 8.18. The summed E-state index contributed by atoms with van der Waals surface area (Å²) in [5.41, 5.74) is 3.50. The molecule has 0 atom stereocenters. The molecule has 4 rings (SSSR count). The third-order valence-electron chi connectivity index (χ3n) is 4.77. The van der Waals surface area contributed by atoms with Crippen LogP contribution in [0.4, 0.5) is 0 Å². The summed E-state index contributed by atoms with van der Waals surface area (Å²) in [6, 6.07) is 4.15. The van der Waals surface area contributed by atoms with Gasteiger partial charge in [0.2, 0.25) is 0 Å². The van der Waals surface area contributed by atoms with Gasteiger partial charge in [-0.3, -0.25) is 14.3 Å². The number of hydrogen-bond donors (Lipinski definition) is 0. The minimum Gasteiger partial charge on any atom is -0.299 e. The molecule has 0 bridgehead atoms. The van der Waals surface area contributed by atoms with Crippen LogP contribution in [0.1, 0.15) is 30.0 Å². The van der Waals surface area contributed by atoms with Crippen molar-refractivity contribution in [2.75, 3.05) is 13.1 Å². The Kier molecular flexibility index (Phi) is 3.61. The van der Waals surface area contributed by atoms with Gasteiger partial charge in [-0.2, -0.15) is 10.2 Å². The Balaban J connectivity index is 1.46. The predicted octanol–water partition coefficient (Wildman–Crippen LogP) is 2.08. The normalized spacial score (nSPS) is 17.1. The molecule has 0 unspecified atom stereocenters. The fourth-order valence-electron chi connectivity index (χ4n) is 3.60. The maximum atomic E-state index is 4.75. The second-order valence-corrected chi connectivity index (χ2v) is 6.46. The fraction of sp³-hybridized carbons (Fsp3) is 0.471. The van der Waals surface area contributed by atoms with Crippen LogP contribution in [-0.2, 0) is 20.6 Å². The van der Waals surface area contributed by atoms with Gasteiger partial charge in [0.15, 0.2) is 5.65 Å². The summed E-state index contributed by atoms with van der Waals surface area (Å²) >= 11 is 0. The highest BCUT2D eigenvalue weighted by molar-refractivity contribution is 5.78.